The maximum absolute atomic E-state index is 5.49. The molecule has 6 heteroatoms. The Hall–Kier alpha value is -0.980. The van der Waals surface area contributed by atoms with Crippen LogP contribution < -0.4 is 0 Å². The van der Waals surface area contributed by atoms with E-state index in [0.717, 1.165) is 28.3 Å². The fourth-order valence-electron chi connectivity index (χ4n) is 2.47. The first-order chi connectivity index (χ1) is 10.0. The van der Waals surface area contributed by atoms with Crippen LogP contribution in [0.25, 0.3) is 0 Å². The number of rotatable bonds is 5. The van der Waals surface area contributed by atoms with Crippen LogP contribution in [0.2, 0.25) is 0 Å². The lowest BCUT2D eigenvalue weighted by atomic mass is 10.2. The molecule has 0 spiro atoms. The fourth-order valence-corrected chi connectivity index (χ4v) is 2.93. The SMILES string of the molecule is CN(Cc1ccc(Br)cc1)Cn1nc(C2CC2)n(C)c1=S. The molecule has 112 valence electrons. The average Bonchev–Trinajstić information content (AvgIpc) is 3.25. The summed E-state index contributed by atoms with van der Waals surface area (Å²) in [6.07, 6.45) is 2.49. The summed E-state index contributed by atoms with van der Waals surface area (Å²) in [5.74, 6) is 1.76. The van der Waals surface area contributed by atoms with Crippen LogP contribution in [-0.2, 0) is 20.3 Å². The van der Waals surface area contributed by atoms with Crippen molar-refractivity contribution >= 4 is 28.1 Å². The highest BCUT2D eigenvalue weighted by Gasteiger charge is 2.29. The minimum absolute atomic E-state index is 0.620. The van der Waals surface area contributed by atoms with Gasteiger partial charge in [-0.1, -0.05) is 28.1 Å². The Morgan fingerprint density at radius 1 is 1.33 bits per heavy atom. The van der Waals surface area contributed by atoms with Gasteiger partial charge in [0.25, 0.3) is 0 Å². The molecule has 1 aliphatic carbocycles. The second-order valence-electron chi connectivity index (χ2n) is 5.76. The van der Waals surface area contributed by atoms with Crippen LogP contribution in [0.5, 0.6) is 0 Å². The Morgan fingerprint density at radius 3 is 2.62 bits per heavy atom. The van der Waals surface area contributed by atoms with E-state index in [1.54, 1.807) is 0 Å². The third-order valence-corrected chi connectivity index (χ3v) is 4.77. The summed E-state index contributed by atoms with van der Waals surface area (Å²) in [5.41, 5.74) is 1.28. The van der Waals surface area contributed by atoms with Gasteiger partial charge in [0, 0.05) is 24.0 Å². The normalized spacial score (nSPS) is 14.9. The highest BCUT2D eigenvalue weighted by molar-refractivity contribution is 9.10. The van der Waals surface area contributed by atoms with Gasteiger partial charge in [0.1, 0.15) is 5.82 Å². The number of halogens is 1. The van der Waals surface area contributed by atoms with Crippen molar-refractivity contribution in [1.82, 2.24) is 19.2 Å². The standard InChI is InChI=1S/C15H19BrN4S/c1-18(9-11-3-7-13(16)8-4-11)10-20-15(21)19(2)14(17-20)12-5-6-12/h3-4,7-8,12H,5-6,9-10H2,1-2H3. The molecule has 2 aromatic rings. The minimum Gasteiger partial charge on any atom is -0.307 e. The molecule has 21 heavy (non-hydrogen) atoms. The Bertz CT molecular complexity index is 685. The molecular formula is C15H19BrN4S. The van der Waals surface area contributed by atoms with Crippen LogP contribution in [0.4, 0.5) is 0 Å². The van der Waals surface area contributed by atoms with E-state index in [9.17, 15) is 0 Å². The van der Waals surface area contributed by atoms with Gasteiger partial charge in [0.05, 0.1) is 6.67 Å². The van der Waals surface area contributed by atoms with Crippen molar-refractivity contribution in [3.63, 3.8) is 0 Å². The Labute approximate surface area is 138 Å². The molecule has 1 aliphatic rings. The Balaban J connectivity index is 1.69. The fraction of sp³-hybridized carbons (Fsp3) is 0.467. The molecule has 1 saturated carbocycles. The van der Waals surface area contributed by atoms with Gasteiger partial charge in [-0.25, -0.2) is 4.68 Å². The van der Waals surface area contributed by atoms with Gasteiger partial charge in [-0.3, -0.25) is 4.90 Å². The lowest BCUT2D eigenvalue weighted by molar-refractivity contribution is 0.243. The van der Waals surface area contributed by atoms with E-state index in [4.69, 9.17) is 17.3 Å². The molecule has 1 fully saturated rings. The summed E-state index contributed by atoms with van der Waals surface area (Å²) in [6.45, 7) is 1.60. The first-order valence-electron chi connectivity index (χ1n) is 7.11. The molecule has 1 aromatic heterocycles. The van der Waals surface area contributed by atoms with Gasteiger partial charge >= 0.3 is 0 Å². The quantitative estimate of drug-likeness (QED) is 0.754. The molecule has 0 radical (unpaired) electrons. The average molecular weight is 367 g/mol. The summed E-state index contributed by atoms with van der Waals surface area (Å²) in [5, 5.41) is 4.69. The summed E-state index contributed by atoms with van der Waals surface area (Å²) >= 11 is 8.95. The van der Waals surface area contributed by atoms with Crippen molar-refractivity contribution in [2.24, 2.45) is 7.05 Å². The van der Waals surface area contributed by atoms with Crippen molar-refractivity contribution in [2.75, 3.05) is 7.05 Å². The largest absolute Gasteiger partial charge is 0.307 e. The Kier molecular flexibility index (Phi) is 4.28. The Morgan fingerprint density at radius 2 is 2.00 bits per heavy atom. The van der Waals surface area contributed by atoms with Gasteiger partial charge in [-0.05, 0) is 49.8 Å². The molecule has 0 N–H and O–H groups in total. The molecule has 0 atom stereocenters. The van der Waals surface area contributed by atoms with Crippen molar-refractivity contribution in [2.45, 2.75) is 32.0 Å². The third-order valence-electron chi connectivity index (χ3n) is 3.76. The number of hydrogen-bond donors (Lipinski definition) is 0. The number of nitrogens with zero attached hydrogens (tertiary/aromatic N) is 4. The second kappa shape index (κ2) is 6.02. The van der Waals surface area contributed by atoms with E-state index >= 15 is 0 Å². The van der Waals surface area contributed by atoms with E-state index in [0.29, 0.717) is 5.92 Å². The van der Waals surface area contributed by atoms with Crippen LogP contribution in [0.15, 0.2) is 28.7 Å². The van der Waals surface area contributed by atoms with Crippen LogP contribution in [-0.4, -0.2) is 26.3 Å². The van der Waals surface area contributed by atoms with Crippen molar-refractivity contribution in [3.8, 4) is 0 Å². The van der Waals surface area contributed by atoms with Crippen molar-refractivity contribution in [3.05, 3.63) is 44.9 Å². The lowest BCUT2D eigenvalue weighted by Crippen LogP contribution is -2.22. The third kappa shape index (κ3) is 3.44. The van der Waals surface area contributed by atoms with Gasteiger partial charge in [0.2, 0.25) is 0 Å². The van der Waals surface area contributed by atoms with E-state index in [1.165, 1.54) is 18.4 Å². The van der Waals surface area contributed by atoms with Gasteiger partial charge in [-0.2, -0.15) is 5.10 Å². The molecule has 3 rings (SSSR count). The van der Waals surface area contributed by atoms with Crippen LogP contribution in [0, 0.1) is 4.77 Å². The van der Waals surface area contributed by atoms with Gasteiger partial charge < -0.3 is 4.57 Å². The molecule has 1 heterocycles. The molecule has 0 amide bonds. The lowest BCUT2D eigenvalue weighted by Gasteiger charge is -2.16. The van der Waals surface area contributed by atoms with E-state index in [-0.39, 0.29) is 0 Å². The van der Waals surface area contributed by atoms with Crippen molar-refractivity contribution in [1.29, 1.82) is 0 Å². The van der Waals surface area contributed by atoms with E-state index in [1.807, 2.05) is 11.7 Å². The predicted octanol–water partition coefficient (Wildman–Crippen LogP) is 3.68. The summed E-state index contributed by atoms with van der Waals surface area (Å²) < 4.78 is 5.90. The highest BCUT2D eigenvalue weighted by atomic mass is 79.9. The maximum Gasteiger partial charge on any atom is 0.198 e. The summed E-state index contributed by atoms with van der Waals surface area (Å²) in [4.78, 5) is 2.22. The number of aromatic nitrogens is 3. The van der Waals surface area contributed by atoms with Crippen LogP contribution in [0.3, 0.4) is 0 Å². The zero-order chi connectivity index (χ0) is 15.0. The molecule has 0 saturated heterocycles. The van der Waals surface area contributed by atoms with Gasteiger partial charge in [0.15, 0.2) is 4.77 Å². The predicted molar refractivity (Wildman–Crippen MR) is 89.6 cm³/mol. The second-order valence-corrected chi connectivity index (χ2v) is 7.04. The molecule has 4 nitrogen and oxygen atoms in total. The number of benzene rings is 1. The van der Waals surface area contributed by atoms with E-state index in [2.05, 4.69) is 56.7 Å². The topological polar surface area (TPSA) is 26.0 Å². The summed E-state index contributed by atoms with van der Waals surface area (Å²) in [6, 6.07) is 8.41. The zero-order valence-corrected chi connectivity index (χ0v) is 14.7. The zero-order valence-electron chi connectivity index (χ0n) is 12.3. The summed E-state index contributed by atoms with van der Waals surface area (Å²) in [7, 11) is 4.11. The highest BCUT2D eigenvalue weighted by Crippen LogP contribution is 2.38. The van der Waals surface area contributed by atoms with E-state index < -0.39 is 0 Å². The van der Waals surface area contributed by atoms with Crippen molar-refractivity contribution < 1.29 is 0 Å². The molecular weight excluding hydrogens is 348 g/mol. The first-order valence-corrected chi connectivity index (χ1v) is 8.31. The molecule has 1 aromatic carbocycles. The van der Waals surface area contributed by atoms with Gasteiger partial charge in [-0.15, -0.1) is 0 Å². The molecule has 0 unspecified atom stereocenters. The molecule has 0 aliphatic heterocycles. The molecule has 0 bridgehead atoms. The first kappa shape index (κ1) is 14.9. The number of hydrogen-bond acceptors (Lipinski definition) is 3. The smallest absolute Gasteiger partial charge is 0.198 e. The minimum atomic E-state index is 0.620. The monoisotopic (exact) mass is 366 g/mol. The van der Waals surface area contributed by atoms with Crippen LogP contribution in [0.1, 0.15) is 30.1 Å². The maximum atomic E-state index is 5.49. The van der Waals surface area contributed by atoms with Crippen LogP contribution >= 0.6 is 28.1 Å².